The molecule has 0 fully saturated rings. The van der Waals surface area contributed by atoms with Crippen molar-refractivity contribution in [1.29, 1.82) is 0 Å². The zero-order valence-corrected chi connectivity index (χ0v) is 11.3. The number of hydrogen-bond donors (Lipinski definition) is 1. The quantitative estimate of drug-likeness (QED) is 0.932. The summed E-state index contributed by atoms with van der Waals surface area (Å²) in [5, 5.41) is 8.84. The molecular weight excluding hydrogens is 254 g/mol. The molecule has 102 valence electrons. The molecule has 0 aliphatic rings. The van der Waals surface area contributed by atoms with E-state index >= 15 is 0 Å². The molecule has 1 amide bonds. The Morgan fingerprint density at radius 3 is 2.15 bits per heavy atom. The topological polar surface area (TPSA) is 57.6 Å². The first kappa shape index (κ1) is 13.8. The van der Waals surface area contributed by atoms with Crippen molar-refractivity contribution in [2.24, 2.45) is 0 Å². The van der Waals surface area contributed by atoms with Crippen molar-refractivity contribution < 1.29 is 14.7 Å². The maximum absolute atomic E-state index is 12.3. The number of amides is 1. The van der Waals surface area contributed by atoms with Crippen molar-refractivity contribution in [2.75, 3.05) is 11.9 Å². The monoisotopic (exact) mass is 269 g/mol. The van der Waals surface area contributed by atoms with E-state index in [1.807, 2.05) is 31.2 Å². The molecule has 0 spiro atoms. The van der Waals surface area contributed by atoms with Crippen LogP contribution in [0.15, 0.2) is 48.5 Å². The van der Waals surface area contributed by atoms with Crippen LogP contribution in [0.3, 0.4) is 0 Å². The van der Waals surface area contributed by atoms with Crippen molar-refractivity contribution in [3.63, 3.8) is 0 Å². The van der Waals surface area contributed by atoms with Crippen LogP contribution in [0.1, 0.15) is 26.3 Å². The van der Waals surface area contributed by atoms with Gasteiger partial charge in [-0.15, -0.1) is 0 Å². The molecule has 0 heterocycles. The zero-order chi connectivity index (χ0) is 14.7. The van der Waals surface area contributed by atoms with E-state index in [-0.39, 0.29) is 11.5 Å². The number of aromatic carboxylic acids is 1. The number of carboxylic acids is 1. The molecule has 4 heteroatoms. The van der Waals surface area contributed by atoms with Crippen LogP contribution in [0, 0.1) is 6.92 Å². The number of carbonyl (C=O) groups is 2. The van der Waals surface area contributed by atoms with Gasteiger partial charge in [0.2, 0.25) is 0 Å². The lowest BCUT2D eigenvalue weighted by Gasteiger charge is -2.18. The van der Waals surface area contributed by atoms with Crippen LogP contribution in [0.4, 0.5) is 5.69 Å². The summed E-state index contributed by atoms with van der Waals surface area (Å²) >= 11 is 0. The Bertz CT molecular complexity index is 647. The number of anilines is 1. The van der Waals surface area contributed by atoms with E-state index in [9.17, 15) is 9.59 Å². The smallest absolute Gasteiger partial charge is 0.335 e. The standard InChI is InChI=1S/C16H15NO3/c1-11-4-3-5-14(10-11)17(2)15(18)12-6-8-13(9-7-12)16(19)20/h3-10H,1-2H3,(H,19,20). The normalized spacial score (nSPS) is 10.1. The van der Waals surface area contributed by atoms with Gasteiger partial charge in [-0.2, -0.15) is 0 Å². The van der Waals surface area contributed by atoms with E-state index < -0.39 is 5.97 Å². The van der Waals surface area contributed by atoms with Crippen molar-refractivity contribution in [3.8, 4) is 0 Å². The Kier molecular flexibility index (Phi) is 3.84. The van der Waals surface area contributed by atoms with Crippen LogP contribution >= 0.6 is 0 Å². The third kappa shape index (κ3) is 2.85. The molecule has 20 heavy (non-hydrogen) atoms. The SMILES string of the molecule is Cc1cccc(N(C)C(=O)c2ccc(C(=O)O)cc2)c1. The number of aryl methyl sites for hydroxylation is 1. The first-order chi connectivity index (χ1) is 9.49. The van der Waals surface area contributed by atoms with Crippen molar-refractivity contribution in [2.45, 2.75) is 6.92 Å². The molecule has 0 saturated heterocycles. The van der Waals surface area contributed by atoms with Gasteiger partial charge in [0, 0.05) is 18.3 Å². The van der Waals surface area contributed by atoms with Crippen LogP contribution < -0.4 is 4.90 Å². The third-order valence-corrected chi connectivity index (χ3v) is 3.07. The van der Waals surface area contributed by atoms with Gasteiger partial charge in [0.25, 0.3) is 5.91 Å². The Balaban J connectivity index is 2.24. The summed E-state index contributed by atoms with van der Waals surface area (Å²) < 4.78 is 0. The van der Waals surface area contributed by atoms with E-state index in [2.05, 4.69) is 0 Å². The number of carboxylic acid groups (broad SMARTS) is 1. The number of rotatable bonds is 3. The van der Waals surface area contributed by atoms with Crippen molar-refractivity contribution in [3.05, 3.63) is 65.2 Å². The first-order valence-electron chi connectivity index (χ1n) is 6.17. The van der Waals surface area contributed by atoms with Gasteiger partial charge in [-0.1, -0.05) is 12.1 Å². The van der Waals surface area contributed by atoms with Crippen LogP contribution in [0.2, 0.25) is 0 Å². The highest BCUT2D eigenvalue weighted by molar-refractivity contribution is 6.06. The van der Waals surface area contributed by atoms with Gasteiger partial charge >= 0.3 is 5.97 Å². The van der Waals surface area contributed by atoms with Gasteiger partial charge in [0.05, 0.1) is 5.56 Å². The van der Waals surface area contributed by atoms with E-state index in [1.165, 1.54) is 24.3 Å². The molecule has 2 aromatic rings. The summed E-state index contributed by atoms with van der Waals surface area (Å²) in [5.74, 6) is -1.18. The average molecular weight is 269 g/mol. The fourth-order valence-corrected chi connectivity index (χ4v) is 1.90. The minimum atomic E-state index is -1.00. The van der Waals surface area contributed by atoms with Crippen molar-refractivity contribution >= 4 is 17.6 Å². The zero-order valence-electron chi connectivity index (χ0n) is 11.3. The molecular formula is C16H15NO3. The second-order valence-corrected chi connectivity index (χ2v) is 4.59. The van der Waals surface area contributed by atoms with E-state index in [0.29, 0.717) is 5.56 Å². The largest absolute Gasteiger partial charge is 0.478 e. The minimum Gasteiger partial charge on any atom is -0.478 e. The maximum Gasteiger partial charge on any atom is 0.335 e. The molecule has 0 aliphatic carbocycles. The summed E-state index contributed by atoms with van der Waals surface area (Å²) in [6, 6.07) is 13.5. The Morgan fingerprint density at radius 1 is 1.00 bits per heavy atom. The molecule has 0 unspecified atom stereocenters. The van der Waals surface area contributed by atoms with Gasteiger partial charge < -0.3 is 10.0 Å². The predicted molar refractivity (Wildman–Crippen MR) is 77.3 cm³/mol. The van der Waals surface area contributed by atoms with Gasteiger partial charge in [-0.3, -0.25) is 4.79 Å². The Morgan fingerprint density at radius 2 is 1.60 bits per heavy atom. The van der Waals surface area contributed by atoms with E-state index in [0.717, 1.165) is 11.3 Å². The highest BCUT2D eigenvalue weighted by Crippen LogP contribution is 2.17. The molecule has 0 aliphatic heterocycles. The van der Waals surface area contributed by atoms with Crippen LogP contribution in [0.5, 0.6) is 0 Å². The lowest BCUT2D eigenvalue weighted by atomic mass is 10.1. The molecule has 0 radical (unpaired) electrons. The Hall–Kier alpha value is -2.62. The summed E-state index contributed by atoms with van der Waals surface area (Å²) in [7, 11) is 1.70. The second kappa shape index (κ2) is 5.57. The second-order valence-electron chi connectivity index (χ2n) is 4.59. The summed E-state index contributed by atoms with van der Waals surface area (Å²) in [6.07, 6.45) is 0. The number of nitrogens with zero attached hydrogens (tertiary/aromatic N) is 1. The maximum atomic E-state index is 12.3. The van der Waals surface area contributed by atoms with E-state index in [4.69, 9.17) is 5.11 Å². The van der Waals surface area contributed by atoms with Crippen LogP contribution in [0.25, 0.3) is 0 Å². The van der Waals surface area contributed by atoms with Crippen LogP contribution in [-0.2, 0) is 0 Å². The van der Waals surface area contributed by atoms with Gasteiger partial charge in [-0.05, 0) is 48.9 Å². The number of benzene rings is 2. The van der Waals surface area contributed by atoms with Gasteiger partial charge in [0.15, 0.2) is 0 Å². The fourth-order valence-electron chi connectivity index (χ4n) is 1.90. The number of carbonyl (C=O) groups excluding carboxylic acids is 1. The molecule has 1 N–H and O–H groups in total. The summed E-state index contributed by atoms with van der Waals surface area (Å²) in [4.78, 5) is 24.6. The first-order valence-corrected chi connectivity index (χ1v) is 6.17. The fraction of sp³-hybridized carbons (Fsp3) is 0.125. The molecule has 0 saturated carbocycles. The molecule has 2 rings (SSSR count). The molecule has 0 aromatic heterocycles. The highest BCUT2D eigenvalue weighted by Gasteiger charge is 2.14. The highest BCUT2D eigenvalue weighted by atomic mass is 16.4. The minimum absolute atomic E-state index is 0.166. The van der Waals surface area contributed by atoms with E-state index in [1.54, 1.807) is 11.9 Å². The van der Waals surface area contributed by atoms with Gasteiger partial charge in [0.1, 0.15) is 0 Å². The van der Waals surface area contributed by atoms with Crippen LogP contribution in [-0.4, -0.2) is 24.0 Å². The predicted octanol–water partition coefficient (Wildman–Crippen LogP) is 2.97. The summed E-state index contributed by atoms with van der Waals surface area (Å²) in [6.45, 7) is 1.96. The lowest BCUT2D eigenvalue weighted by Crippen LogP contribution is -2.26. The van der Waals surface area contributed by atoms with Gasteiger partial charge in [-0.25, -0.2) is 4.79 Å². The molecule has 0 atom stereocenters. The average Bonchev–Trinajstić information content (AvgIpc) is 2.46. The van der Waals surface area contributed by atoms with Crippen molar-refractivity contribution in [1.82, 2.24) is 0 Å². The number of hydrogen-bond acceptors (Lipinski definition) is 2. The Labute approximate surface area is 117 Å². The summed E-state index contributed by atoms with van der Waals surface area (Å²) in [5.41, 5.74) is 2.50. The molecule has 4 nitrogen and oxygen atoms in total. The molecule has 0 bridgehead atoms. The molecule has 2 aromatic carbocycles. The third-order valence-electron chi connectivity index (χ3n) is 3.07. The lowest BCUT2D eigenvalue weighted by molar-refractivity contribution is 0.0696.